The van der Waals surface area contributed by atoms with Crippen molar-refractivity contribution in [2.24, 2.45) is 0 Å². The fourth-order valence-electron chi connectivity index (χ4n) is 1.27. The third-order valence-electron chi connectivity index (χ3n) is 2.19. The Labute approximate surface area is 103 Å². The van der Waals surface area contributed by atoms with Gasteiger partial charge in [-0.05, 0) is 13.0 Å². The van der Waals surface area contributed by atoms with E-state index in [0.717, 1.165) is 0 Å². The van der Waals surface area contributed by atoms with E-state index in [9.17, 15) is 14.9 Å². The number of nitro benzene ring substituents is 1. The van der Waals surface area contributed by atoms with Crippen molar-refractivity contribution in [3.63, 3.8) is 0 Å². The van der Waals surface area contributed by atoms with Crippen LogP contribution in [0.5, 0.6) is 11.5 Å². The van der Waals surface area contributed by atoms with Crippen LogP contribution in [0.4, 0.5) is 5.69 Å². The molecule has 0 amide bonds. The summed E-state index contributed by atoms with van der Waals surface area (Å²) in [6, 6.07) is 3.86. The minimum absolute atomic E-state index is 0.120. The first kappa shape index (κ1) is 13.8. The van der Waals surface area contributed by atoms with Gasteiger partial charge in [-0.1, -0.05) is 0 Å². The molecular formula is C11H13NO6. The number of benzene rings is 1. The van der Waals surface area contributed by atoms with Crippen LogP contribution in [0.3, 0.4) is 0 Å². The minimum atomic E-state index is -0.828. The summed E-state index contributed by atoms with van der Waals surface area (Å²) in [4.78, 5) is 21.2. The molecule has 0 aliphatic heterocycles. The number of ether oxygens (including phenoxy) is 3. The van der Waals surface area contributed by atoms with E-state index >= 15 is 0 Å². The number of hydrogen-bond acceptors (Lipinski definition) is 6. The largest absolute Gasteiger partial charge is 0.493 e. The predicted molar refractivity (Wildman–Crippen MR) is 61.8 cm³/mol. The second-order valence-electron chi connectivity index (χ2n) is 3.38. The number of nitrogens with zero attached hydrogens (tertiary/aromatic N) is 1. The molecule has 0 radical (unpaired) electrons. The molecule has 18 heavy (non-hydrogen) atoms. The predicted octanol–water partition coefficient (Wildman–Crippen LogP) is 1.54. The molecule has 0 spiro atoms. The third kappa shape index (κ3) is 3.09. The van der Waals surface area contributed by atoms with Gasteiger partial charge < -0.3 is 14.2 Å². The van der Waals surface area contributed by atoms with Gasteiger partial charge in [-0.2, -0.15) is 0 Å². The zero-order valence-electron chi connectivity index (χ0n) is 10.2. The average molecular weight is 255 g/mol. The Bertz CT molecular complexity index is 459. The van der Waals surface area contributed by atoms with E-state index in [1.165, 1.54) is 39.3 Å². The number of non-ortho nitro benzene ring substituents is 1. The molecule has 1 rings (SSSR count). The van der Waals surface area contributed by atoms with Gasteiger partial charge in [0.2, 0.25) is 0 Å². The van der Waals surface area contributed by atoms with Crippen LogP contribution in [0.1, 0.15) is 6.92 Å². The topological polar surface area (TPSA) is 87.9 Å². The molecule has 0 aromatic heterocycles. The Morgan fingerprint density at radius 3 is 2.50 bits per heavy atom. The van der Waals surface area contributed by atoms with Gasteiger partial charge in [-0.15, -0.1) is 0 Å². The maximum Gasteiger partial charge on any atom is 0.346 e. The van der Waals surface area contributed by atoms with Crippen molar-refractivity contribution in [3.05, 3.63) is 28.3 Å². The van der Waals surface area contributed by atoms with Crippen LogP contribution in [0.15, 0.2) is 18.2 Å². The summed E-state index contributed by atoms with van der Waals surface area (Å²) in [7, 11) is 2.60. The number of nitro groups is 1. The van der Waals surface area contributed by atoms with Gasteiger partial charge in [0.1, 0.15) is 0 Å². The highest BCUT2D eigenvalue weighted by atomic mass is 16.6. The molecule has 0 saturated heterocycles. The zero-order chi connectivity index (χ0) is 13.7. The molecule has 1 aromatic rings. The maximum absolute atomic E-state index is 11.2. The van der Waals surface area contributed by atoms with Crippen molar-refractivity contribution < 1.29 is 23.9 Å². The second kappa shape index (κ2) is 5.85. The first-order chi connectivity index (χ1) is 8.49. The fourth-order valence-corrected chi connectivity index (χ4v) is 1.27. The van der Waals surface area contributed by atoms with Crippen LogP contribution < -0.4 is 9.47 Å². The van der Waals surface area contributed by atoms with E-state index in [2.05, 4.69) is 4.74 Å². The second-order valence-corrected chi connectivity index (χ2v) is 3.38. The lowest BCUT2D eigenvalue weighted by Gasteiger charge is -2.14. The van der Waals surface area contributed by atoms with Crippen molar-refractivity contribution in [1.82, 2.24) is 0 Å². The van der Waals surface area contributed by atoms with Crippen LogP contribution in [-0.4, -0.2) is 31.2 Å². The standard InChI is InChI=1S/C11H13NO6/c1-7(11(13)17-3)18-9-5-4-8(12(14)15)6-10(9)16-2/h4-7H,1-3H3/t7-/m0/s1. The molecule has 0 aliphatic carbocycles. The minimum Gasteiger partial charge on any atom is -0.493 e. The molecule has 1 aromatic carbocycles. The quantitative estimate of drug-likeness (QED) is 0.450. The summed E-state index contributed by atoms with van der Waals surface area (Å²) >= 11 is 0. The van der Waals surface area contributed by atoms with Crippen LogP contribution >= 0.6 is 0 Å². The average Bonchev–Trinajstić information content (AvgIpc) is 2.37. The molecule has 98 valence electrons. The van der Waals surface area contributed by atoms with E-state index in [-0.39, 0.29) is 17.2 Å². The fraction of sp³-hybridized carbons (Fsp3) is 0.364. The van der Waals surface area contributed by atoms with Crippen molar-refractivity contribution in [1.29, 1.82) is 0 Å². The van der Waals surface area contributed by atoms with Gasteiger partial charge in [0, 0.05) is 6.07 Å². The Kier molecular flexibility index (Phi) is 4.47. The van der Waals surface area contributed by atoms with E-state index in [0.29, 0.717) is 0 Å². The molecule has 0 fully saturated rings. The lowest BCUT2D eigenvalue weighted by atomic mass is 10.2. The van der Waals surface area contributed by atoms with Gasteiger partial charge in [-0.25, -0.2) is 4.79 Å². The summed E-state index contributed by atoms with van der Waals surface area (Å²) in [5, 5.41) is 10.6. The molecule has 0 N–H and O–H groups in total. The lowest BCUT2D eigenvalue weighted by molar-refractivity contribution is -0.385. The summed E-state index contributed by atoms with van der Waals surface area (Å²) in [6.45, 7) is 1.51. The van der Waals surface area contributed by atoms with Crippen LogP contribution in [0.25, 0.3) is 0 Å². The zero-order valence-corrected chi connectivity index (χ0v) is 10.2. The SMILES string of the molecule is COC(=O)[C@H](C)Oc1ccc([N+](=O)[O-])cc1OC. The van der Waals surface area contributed by atoms with Crippen molar-refractivity contribution in [2.45, 2.75) is 13.0 Å². The molecule has 0 heterocycles. The number of esters is 1. The van der Waals surface area contributed by atoms with Crippen LogP contribution in [0.2, 0.25) is 0 Å². The number of rotatable bonds is 5. The Balaban J connectivity index is 2.96. The van der Waals surface area contributed by atoms with E-state index in [1.807, 2.05) is 0 Å². The van der Waals surface area contributed by atoms with Gasteiger partial charge in [0.25, 0.3) is 5.69 Å². The molecule has 0 unspecified atom stereocenters. The molecule has 0 bridgehead atoms. The molecular weight excluding hydrogens is 242 g/mol. The van der Waals surface area contributed by atoms with Gasteiger partial charge in [-0.3, -0.25) is 10.1 Å². The summed E-state index contributed by atoms with van der Waals surface area (Å²) < 4.78 is 14.8. The summed E-state index contributed by atoms with van der Waals surface area (Å²) in [5.41, 5.74) is -0.120. The Hall–Kier alpha value is -2.31. The third-order valence-corrected chi connectivity index (χ3v) is 2.19. The molecule has 0 aliphatic rings. The molecule has 0 saturated carbocycles. The number of methoxy groups -OCH3 is 2. The maximum atomic E-state index is 11.2. The van der Waals surface area contributed by atoms with Crippen LogP contribution in [0, 0.1) is 10.1 Å². The van der Waals surface area contributed by atoms with Crippen molar-refractivity contribution >= 4 is 11.7 Å². The van der Waals surface area contributed by atoms with E-state index < -0.39 is 17.0 Å². The highest BCUT2D eigenvalue weighted by Gasteiger charge is 2.19. The Morgan fingerprint density at radius 2 is 2.00 bits per heavy atom. The lowest BCUT2D eigenvalue weighted by Crippen LogP contribution is -2.25. The molecule has 1 atom stereocenters. The number of carbonyl (C=O) groups excluding carboxylic acids is 1. The summed E-state index contributed by atoms with van der Waals surface area (Å²) in [6.07, 6.45) is -0.828. The highest BCUT2D eigenvalue weighted by molar-refractivity contribution is 5.74. The van der Waals surface area contributed by atoms with Crippen LogP contribution in [-0.2, 0) is 9.53 Å². The first-order valence-corrected chi connectivity index (χ1v) is 5.06. The Morgan fingerprint density at radius 1 is 1.33 bits per heavy atom. The number of carbonyl (C=O) groups is 1. The van der Waals surface area contributed by atoms with Crippen molar-refractivity contribution in [3.8, 4) is 11.5 Å². The van der Waals surface area contributed by atoms with Gasteiger partial charge in [0.15, 0.2) is 17.6 Å². The van der Waals surface area contributed by atoms with Crippen molar-refractivity contribution in [2.75, 3.05) is 14.2 Å². The number of hydrogen-bond donors (Lipinski definition) is 0. The monoisotopic (exact) mass is 255 g/mol. The summed E-state index contributed by atoms with van der Waals surface area (Å²) in [5.74, 6) is -0.128. The van der Waals surface area contributed by atoms with E-state index in [1.54, 1.807) is 0 Å². The molecule has 7 nitrogen and oxygen atoms in total. The molecule has 7 heteroatoms. The smallest absolute Gasteiger partial charge is 0.346 e. The van der Waals surface area contributed by atoms with E-state index in [4.69, 9.17) is 9.47 Å². The highest BCUT2D eigenvalue weighted by Crippen LogP contribution is 2.31. The first-order valence-electron chi connectivity index (χ1n) is 5.06. The van der Waals surface area contributed by atoms with Gasteiger partial charge in [0.05, 0.1) is 25.2 Å². The van der Waals surface area contributed by atoms with Gasteiger partial charge >= 0.3 is 5.97 Å². The normalized spacial score (nSPS) is 11.5.